The molecular formula is C15H22N4O2S2. The lowest BCUT2D eigenvalue weighted by Gasteiger charge is -2.25. The Morgan fingerprint density at radius 1 is 1.35 bits per heavy atom. The van der Waals surface area contributed by atoms with Gasteiger partial charge < -0.3 is 10.2 Å². The van der Waals surface area contributed by atoms with Crippen LogP contribution in [0.25, 0.3) is 0 Å². The predicted molar refractivity (Wildman–Crippen MR) is 93.9 cm³/mol. The third kappa shape index (κ3) is 4.27. The highest BCUT2D eigenvalue weighted by Gasteiger charge is 2.20. The third-order valence-corrected chi connectivity index (χ3v) is 5.78. The lowest BCUT2D eigenvalue weighted by Crippen LogP contribution is -2.27. The first kappa shape index (κ1) is 17.8. The molecule has 2 heterocycles. The van der Waals surface area contributed by atoms with Crippen molar-refractivity contribution in [2.45, 2.75) is 24.8 Å². The molecule has 0 aliphatic carbocycles. The van der Waals surface area contributed by atoms with E-state index in [4.69, 9.17) is 0 Å². The molecule has 8 heteroatoms. The average molecular weight is 355 g/mol. The molecule has 0 radical (unpaired) electrons. The van der Waals surface area contributed by atoms with E-state index in [1.54, 1.807) is 18.3 Å². The molecule has 2 aromatic heterocycles. The highest BCUT2D eigenvalue weighted by atomic mass is 32.2. The number of nitrogens with zero attached hydrogens (tertiary/aromatic N) is 3. The number of thiophene rings is 1. The first-order valence-corrected chi connectivity index (χ1v) is 9.95. The van der Waals surface area contributed by atoms with Gasteiger partial charge >= 0.3 is 0 Å². The second-order valence-corrected chi connectivity index (χ2v) is 8.66. The molecule has 2 rings (SSSR count). The summed E-state index contributed by atoms with van der Waals surface area (Å²) >= 11 is 1.70. The van der Waals surface area contributed by atoms with E-state index in [0.717, 1.165) is 0 Å². The summed E-state index contributed by atoms with van der Waals surface area (Å²) < 4.78 is 23.8. The maximum Gasteiger partial charge on any atom is 0.180 e. The number of aryl methyl sites for hydroxylation is 2. The van der Waals surface area contributed by atoms with Crippen LogP contribution in [0.2, 0.25) is 0 Å². The maximum absolute atomic E-state index is 11.9. The van der Waals surface area contributed by atoms with Gasteiger partial charge in [0, 0.05) is 17.7 Å². The van der Waals surface area contributed by atoms with Gasteiger partial charge in [0.15, 0.2) is 9.84 Å². The van der Waals surface area contributed by atoms with Gasteiger partial charge in [-0.25, -0.2) is 18.4 Å². The Kier molecular flexibility index (Phi) is 5.38. The van der Waals surface area contributed by atoms with Gasteiger partial charge in [-0.2, -0.15) is 0 Å². The van der Waals surface area contributed by atoms with E-state index in [-0.39, 0.29) is 10.9 Å². The first-order valence-electron chi connectivity index (χ1n) is 7.18. The molecule has 0 bridgehead atoms. The number of likely N-dealkylation sites (N-methyl/N-ethyl adjacent to an activating group) is 1. The fourth-order valence-electron chi connectivity index (χ4n) is 2.29. The molecule has 0 saturated carbocycles. The number of rotatable bonds is 6. The molecule has 0 saturated heterocycles. The van der Waals surface area contributed by atoms with Crippen LogP contribution in [0.3, 0.4) is 0 Å². The molecule has 0 amide bonds. The quantitative estimate of drug-likeness (QED) is 0.858. The van der Waals surface area contributed by atoms with Gasteiger partial charge in [0.1, 0.15) is 16.5 Å². The summed E-state index contributed by atoms with van der Waals surface area (Å²) in [6, 6.07) is 2.23. The van der Waals surface area contributed by atoms with Crippen molar-refractivity contribution in [1.29, 1.82) is 0 Å². The SMILES string of the molecule is Cc1ncc(S(C)(=O)=O)c(NC[C@@H](c2sccc2C)N(C)C)n1. The van der Waals surface area contributed by atoms with Crippen molar-refractivity contribution in [3.8, 4) is 0 Å². The van der Waals surface area contributed by atoms with Gasteiger partial charge in [0.25, 0.3) is 0 Å². The Hall–Kier alpha value is -1.51. The highest BCUT2D eigenvalue weighted by Crippen LogP contribution is 2.28. The third-order valence-electron chi connectivity index (χ3n) is 3.57. The zero-order valence-electron chi connectivity index (χ0n) is 14.0. The Morgan fingerprint density at radius 2 is 2.04 bits per heavy atom. The van der Waals surface area contributed by atoms with Crippen LogP contribution in [0.1, 0.15) is 22.3 Å². The highest BCUT2D eigenvalue weighted by molar-refractivity contribution is 7.90. The molecular weight excluding hydrogens is 332 g/mol. The normalized spacial score (nSPS) is 13.3. The number of anilines is 1. The van der Waals surface area contributed by atoms with Gasteiger partial charge in [-0.1, -0.05) is 0 Å². The number of aromatic nitrogens is 2. The number of hydrogen-bond acceptors (Lipinski definition) is 7. The summed E-state index contributed by atoms with van der Waals surface area (Å²) in [6.07, 6.45) is 2.53. The summed E-state index contributed by atoms with van der Waals surface area (Å²) in [6.45, 7) is 4.39. The van der Waals surface area contributed by atoms with Gasteiger partial charge in [-0.15, -0.1) is 11.3 Å². The zero-order valence-corrected chi connectivity index (χ0v) is 15.6. The largest absolute Gasteiger partial charge is 0.367 e. The number of nitrogens with one attached hydrogen (secondary N) is 1. The number of hydrogen-bond donors (Lipinski definition) is 1. The summed E-state index contributed by atoms with van der Waals surface area (Å²) in [7, 11) is 0.637. The van der Waals surface area contributed by atoms with Crippen LogP contribution in [0.5, 0.6) is 0 Å². The Labute approximate surface area is 141 Å². The molecule has 6 nitrogen and oxygen atoms in total. The average Bonchev–Trinajstić information content (AvgIpc) is 2.83. The minimum absolute atomic E-state index is 0.128. The fourth-order valence-corrected chi connectivity index (χ4v) is 4.12. The topological polar surface area (TPSA) is 75.2 Å². The van der Waals surface area contributed by atoms with E-state index < -0.39 is 9.84 Å². The van der Waals surface area contributed by atoms with Gasteiger partial charge in [0.05, 0.1) is 12.2 Å². The summed E-state index contributed by atoms with van der Waals surface area (Å²) in [5.41, 5.74) is 1.23. The lowest BCUT2D eigenvalue weighted by atomic mass is 10.1. The molecule has 0 unspecified atom stereocenters. The molecule has 23 heavy (non-hydrogen) atoms. The maximum atomic E-state index is 11.9. The van der Waals surface area contributed by atoms with Crippen LogP contribution in [-0.4, -0.2) is 50.2 Å². The van der Waals surface area contributed by atoms with E-state index in [0.29, 0.717) is 18.2 Å². The van der Waals surface area contributed by atoms with Crippen molar-refractivity contribution < 1.29 is 8.42 Å². The summed E-state index contributed by atoms with van der Waals surface area (Å²) in [4.78, 5) is 11.7. The van der Waals surface area contributed by atoms with Crippen LogP contribution in [0, 0.1) is 13.8 Å². The van der Waals surface area contributed by atoms with E-state index in [2.05, 4.69) is 38.6 Å². The monoisotopic (exact) mass is 354 g/mol. The lowest BCUT2D eigenvalue weighted by molar-refractivity contribution is 0.315. The van der Waals surface area contributed by atoms with Crippen LogP contribution >= 0.6 is 11.3 Å². The smallest absolute Gasteiger partial charge is 0.180 e. The molecule has 0 aliphatic rings. The first-order chi connectivity index (χ1) is 10.7. The fraction of sp³-hybridized carbons (Fsp3) is 0.467. The molecule has 0 aromatic carbocycles. The minimum Gasteiger partial charge on any atom is -0.367 e. The summed E-state index contributed by atoms with van der Waals surface area (Å²) in [5.74, 6) is 0.898. The van der Waals surface area contributed by atoms with Crippen LogP contribution in [0.4, 0.5) is 5.82 Å². The van der Waals surface area contributed by atoms with Gasteiger partial charge in [-0.05, 0) is 45.0 Å². The second-order valence-electron chi connectivity index (χ2n) is 5.73. The van der Waals surface area contributed by atoms with E-state index in [1.165, 1.54) is 22.9 Å². The second kappa shape index (κ2) is 6.94. The standard InChI is InChI=1S/C15H22N4O2S2/c1-10-6-7-22-14(10)12(19(3)4)8-17-15-13(23(5,20)21)9-16-11(2)18-15/h6-7,9,12H,8H2,1-5H3,(H,16,17,18)/t12-/m0/s1. The molecule has 1 N–H and O–H groups in total. The Bertz CT molecular complexity index is 785. The molecule has 126 valence electrons. The minimum atomic E-state index is -3.38. The van der Waals surface area contributed by atoms with E-state index in [9.17, 15) is 8.42 Å². The summed E-state index contributed by atoms with van der Waals surface area (Å²) in [5, 5.41) is 5.26. The van der Waals surface area contributed by atoms with E-state index in [1.807, 2.05) is 14.1 Å². The van der Waals surface area contributed by atoms with Gasteiger partial charge in [0.2, 0.25) is 0 Å². The van der Waals surface area contributed by atoms with Gasteiger partial charge in [-0.3, -0.25) is 0 Å². The molecule has 0 fully saturated rings. The molecule has 0 aliphatic heterocycles. The van der Waals surface area contributed by atoms with Crippen LogP contribution in [0.15, 0.2) is 22.5 Å². The molecule has 0 spiro atoms. The Morgan fingerprint density at radius 3 is 2.57 bits per heavy atom. The molecule has 2 aromatic rings. The predicted octanol–water partition coefficient (Wildman–Crippen LogP) is 2.27. The van der Waals surface area contributed by atoms with Crippen molar-refractivity contribution in [3.63, 3.8) is 0 Å². The van der Waals surface area contributed by atoms with E-state index >= 15 is 0 Å². The van der Waals surface area contributed by atoms with Crippen molar-refractivity contribution in [2.24, 2.45) is 0 Å². The van der Waals surface area contributed by atoms with Crippen molar-refractivity contribution in [2.75, 3.05) is 32.2 Å². The molecule has 1 atom stereocenters. The number of sulfone groups is 1. The zero-order chi connectivity index (χ0) is 17.2. The van der Waals surface area contributed by atoms with Crippen molar-refractivity contribution in [3.05, 3.63) is 33.9 Å². The van der Waals surface area contributed by atoms with Crippen LogP contribution in [-0.2, 0) is 9.84 Å². The van der Waals surface area contributed by atoms with Crippen molar-refractivity contribution in [1.82, 2.24) is 14.9 Å². The Balaban J connectivity index is 2.29. The van der Waals surface area contributed by atoms with Crippen LogP contribution < -0.4 is 5.32 Å². The van der Waals surface area contributed by atoms with Crippen molar-refractivity contribution >= 4 is 27.0 Å².